The molecular weight excluding hydrogens is 502 g/mol. The van der Waals surface area contributed by atoms with Crippen molar-refractivity contribution >= 4 is 29.7 Å². The summed E-state index contributed by atoms with van der Waals surface area (Å²) in [4.78, 5) is 66.7. The van der Waals surface area contributed by atoms with Crippen LogP contribution >= 0.6 is 0 Å². The van der Waals surface area contributed by atoms with Gasteiger partial charge in [0.1, 0.15) is 23.7 Å². The number of primary amides is 1. The fourth-order valence-electron chi connectivity index (χ4n) is 7.07. The second-order valence-electron chi connectivity index (χ2n) is 13.8. The number of rotatable bonds is 8. The Labute approximate surface area is 230 Å². The molecule has 4 fully saturated rings. The first-order valence-electron chi connectivity index (χ1n) is 14.2. The molecule has 11 heteroatoms. The largest absolute Gasteiger partial charge is 0.444 e. The number of piperidine rings is 1. The Morgan fingerprint density at radius 2 is 1.77 bits per heavy atom. The quantitative estimate of drug-likeness (QED) is 0.360. The predicted octanol–water partition coefficient (Wildman–Crippen LogP) is 1.44. The van der Waals surface area contributed by atoms with Gasteiger partial charge in [0.2, 0.25) is 23.6 Å². The normalized spacial score (nSPS) is 30.1. The summed E-state index contributed by atoms with van der Waals surface area (Å²) < 4.78 is 5.49. The summed E-state index contributed by atoms with van der Waals surface area (Å²) in [6, 6.07) is -2.67. The van der Waals surface area contributed by atoms with E-state index in [0.29, 0.717) is 19.5 Å². The molecule has 2 aliphatic heterocycles. The summed E-state index contributed by atoms with van der Waals surface area (Å²) in [6.45, 7) is 12.4. The van der Waals surface area contributed by atoms with E-state index < -0.39 is 53.0 Å². The van der Waals surface area contributed by atoms with E-state index in [-0.39, 0.29) is 35.5 Å². The fraction of sp³-hybridized carbons (Fsp3) is 0.821. The molecular formula is C28H45N5O6. The second-order valence-corrected chi connectivity index (χ2v) is 13.8. The number of nitrogens with zero attached hydrogens (tertiary/aromatic N) is 1. The van der Waals surface area contributed by atoms with Crippen molar-refractivity contribution in [2.45, 2.75) is 104 Å². The molecule has 0 aromatic heterocycles. The number of nitrogens with one attached hydrogen (secondary N) is 3. The molecule has 0 bridgehead atoms. The SMILES string of the molecule is CC(C)(C)OC(=O)N[C@H](C(=O)N1C[C@H]2[C@@H]([C@H]1C(=O)N[C@@H](C[C@@H]1CCNC1=O)C(N)=O)C2(C)C)C1(C)CCCC1. The lowest BCUT2D eigenvalue weighted by molar-refractivity contribution is -0.145. The number of carbonyl (C=O) groups excluding carboxylic acids is 5. The maximum absolute atomic E-state index is 14.2. The van der Waals surface area contributed by atoms with Gasteiger partial charge in [-0.15, -0.1) is 0 Å². The van der Waals surface area contributed by atoms with Gasteiger partial charge in [-0.3, -0.25) is 19.2 Å². The van der Waals surface area contributed by atoms with Crippen LogP contribution in [-0.2, 0) is 23.9 Å². The van der Waals surface area contributed by atoms with Crippen LogP contribution in [0.1, 0.15) is 80.1 Å². The average Bonchev–Trinajstić information content (AvgIpc) is 3.33. The summed E-state index contributed by atoms with van der Waals surface area (Å²) in [5.74, 6) is -1.98. The van der Waals surface area contributed by atoms with E-state index in [4.69, 9.17) is 10.5 Å². The molecule has 6 atom stereocenters. The molecule has 2 saturated heterocycles. The lowest BCUT2D eigenvalue weighted by Crippen LogP contribution is -2.61. The second kappa shape index (κ2) is 10.3. The molecule has 5 N–H and O–H groups in total. The predicted molar refractivity (Wildman–Crippen MR) is 143 cm³/mol. The summed E-state index contributed by atoms with van der Waals surface area (Å²) in [7, 11) is 0. The van der Waals surface area contributed by atoms with Crippen LogP contribution in [0, 0.1) is 28.6 Å². The first kappa shape index (κ1) is 29.1. The van der Waals surface area contributed by atoms with Crippen molar-refractivity contribution < 1.29 is 28.7 Å². The van der Waals surface area contributed by atoms with E-state index >= 15 is 0 Å². The third-order valence-electron chi connectivity index (χ3n) is 9.45. The number of ether oxygens (including phenoxy) is 1. The summed E-state index contributed by atoms with van der Waals surface area (Å²) in [5.41, 5.74) is 4.29. The molecule has 0 aromatic rings. The minimum absolute atomic E-state index is 0.0803. The van der Waals surface area contributed by atoms with Gasteiger partial charge in [-0.2, -0.15) is 0 Å². The Morgan fingerprint density at radius 1 is 1.13 bits per heavy atom. The van der Waals surface area contributed by atoms with Gasteiger partial charge >= 0.3 is 6.09 Å². The van der Waals surface area contributed by atoms with Crippen LogP contribution in [-0.4, -0.2) is 71.4 Å². The molecule has 218 valence electrons. The molecule has 11 nitrogen and oxygen atoms in total. The number of hydrogen-bond acceptors (Lipinski definition) is 6. The van der Waals surface area contributed by atoms with E-state index in [9.17, 15) is 24.0 Å². The average molecular weight is 548 g/mol. The number of alkyl carbamates (subject to hydrolysis) is 1. The number of fused-ring (bicyclic) bond motifs is 1. The summed E-state index contributed by atoms with van der Waals surface area (Å²) in [6.07, 6.45) is 3.47. The smallest absolute Gasteiger partial charge is 0.408 e. The van der Waals surface area contributed by atoms with Crippen LogP contribution in [0.25, 0.3) is 0 Å². The Bertz CT molecular complexity index is 1030. The molecule has 0 unspecified atom stereocenters. The van der Waals surface area contributed by atoms with Crippen molar-refractivity contribution in [3.05, 3.63) is 0 Å². The van der Waals surface area contributed by atoms with Gasteiger partial charge in [-0.25, -0.2) is 4.79 Å². The Balaban J connectivity index is 1.56. The van der Waals surface area contributed by atoms with E-state index in [1.165, 1.54) is 0 Å². The van der Waals surface area contributed by atoms with Crippen LogP contribution in [0.5, 0.6) is 0 Å². The third-order valence-corrected chi connectivity index (χ3v) is 9.45. The molecule has 0 aromatic carbocycles. The van der Waals surface area contributed by atoms with Gasteiger partial charge in [0.25, 0.3) is 0 Å². The lowest BCUT2D eigenvalue weighted by Gasteiger charge is -2.39. The van der Waals surface area contributed by atoms with Crippen molar-refractivity contribution in [2.24, 2.45) is 34.3 Å². The standard InChI is InChI=1S/C28H45N5O6/c1-26(2,3)39-25(38)32-20(28(6)10-7-8-11-28)24(37)33-14-16-18(27(16,4)5)19(33)23(36)31-17(21(29)34)13-15-9-12-30-22(15)35/h15-20H,7-14H2,1-6H3,(H2,29,34)(H,30,35)(H,31,36)(H,32,38)/t15-,16-,17-,18-,19-,20+/m0/s1. The van der Waals surface area contributed by atoms with Crippen LogP contribution < -0.4 is 21.7 Å². The van der Waals surface area contributed by atoms with Gasteiger partial charge in [-0.1, -0.05) is 33.6 Å². The number of carbonyl (C=O) groups is 5. The van der Waals surface area contributed by atoms with Gasteiger partial charge in [0, 0.05) is 19.0 Å². The number of likely N-dealkylation sites (tertiary alicyclic amines) is 1. The minimum Gasteiger partial charge on any atom is -0.444 e. The Morgan fingerprint density at radius 3 is 2.31 bits per heavy atom. The van der Waals surface area contributed by atoms with Crippen molar-refractivity contribution in [2.75, 3.05) is 13.1 Å². The van der Waals surface area contributed by atoms with Gasteiger partial charge < -0.3 is 31.3 Å². The highest BCUT2D eigenvalue weighted by molar-refractivity contribution is 5.95. The van der Waals surface area contributed by atoms with Crippen LogP contribution in [0.15, 0.2) is 0 Å². The third kappa shape index (κ3) is 5.87. The highest BCUT2D eigenvalue weighted by Gasteiger charge is 2.70. The summed E-state index contributed by atoms with van der Waals surface area (Å²) in [5, 5.41) is 8.37. The van der Waals surface area contributed by atoms with E-state index in [1.54, 1.807) is 25.7 Å². The van der Waals surface area contributed by atoms with E-state index in [2.05, 4.69) is 29.8 Å². The molecule has 2 heterocycles. The highest BCUT2D eigenvalue weighted by Crippen LogP contribution is 2.65. The van der Waals surface area contributed by atoms with Crippen molar-refractivity contribution in [1.82, 2.24) is 20.9 Å². The molecule has 4 rings (SSSR count). The number of hydrogen-bond donors (Lipinski definition) is 4. The van der Waals surface area contributed by atoms with Crippen molar-refractivity contribution in [3.63, 3.8) is 0 Å². The molecule has 0 radical (unpaired) electrons. The molecule has 2 aliphatic carbocycles. The molecule has 4 aliphatic rings. The molecule has 0 spiro atoms. The van der Waals surface area contributed by atoms with Gasteiger partial charge in [0.05, 0.1) is 0 Å². The molecule has 5 amide bonds. The van der Waals surface area contributed by atoms with Crippen molar-refractivity contribution in [3.8, 4) is 0 Å². The van der Waals surface area contributed by atoms with Crippen LogP contribution in [0.2, 0.25) is 0 Å². The van der Waals surface area contributed by atoms with Crippen molar-refractivity contribution in [1.29, 1.82) is 0 Å². The Hall–Kier alpha value is -2.85. The minimum atomic E-state index is -1.02. The zero-order chi connectivity index (χ0) is 28.9. The van der Waals surface area contributed by atoms with Crippen LogP contribution in [0.3, 0.4) is 0 Å². The fourth-order valence-corrected chi connectivity index (χ4v) is 7.07. The topological polar surface area (TPSA) is 160 Å². The number of nitrogens with two attached hydrogens (primary N) is 1. The van der Waals surface area contributed by atoms with E-state index in [0.717, 1.165) is 25.7 Å². The number of amides is 5. The molecule has 2 saturated carbocycles. The molecule has 39 heavy (non-hydrogen) atoms. The maximum atomic E-state index is 14.2. The zero-order valence-electron chi connectivity index (χ0n) is 24.1. The van der Waals surface area contributed by atoms with Gasteiger partial charge in [0.15, 0.2) is 0 Å². The lowest BCUT2D eigenvalue weighted by atomic mass is 9.79. The maximum Gasteiger partial charge on any atom is 0.408 e. The monoisotopic (exact) mass is 547 g/mol. The highest BCUT2D eigenvalue weighted by atomic mass is 16.6. The first-order chi connectivity index (χ1) is 18.0. The zero-order valence-corrected chi connectivity index (χ0v) is 24.1. The van der Waals surface area contributed by atoms with Gasteiger partial charge in [-0.05, 0) is 69.1 Å². The summed E-state index contributed by atoms with van der Waals surface area (Å²) >= 11 is 0. The van der Waals surface area contributed by atoms with Crippen LogP contribution in [0.4, 0.5) is 4.79 Å². The first-order valence-corrected chi connectivity index (χ1v) is 14.2. The van der Waals surface area contributed by atoms with E-state index in [1.807, 2.05) is 6.92 Å². The Kier molecular flexibility index (Phi) is 7.68.